The van der Waals surface area contributed by atoms with E-state index < -0.39 is 0 Å². The maximum atomic E-state index is 7.15. The molecule has 0 amide bonds. The molecule has 1 aromatic heterocycles. The zero-order valence-electron chi connectivity index (χ0n) is 33.1. The lowest BCUT2D eigenvalue weighted by Crippen LogP contribution is -2.16. The zero-order valence-corrected chi connectivity index (χ0v) is 33.1. The number of rotatable bonds is 4. The molecule has 2 heteroatoms. The maximum absolute atomic E-state index is 7.15. The fourth-order valence-corrected chi connectivity index (χ4v) is 10.6. The third-order valence-electron chi connectivity index (χ3n) is 13.4. The molecule has 0 fully saturated rings. The molecule has 0 bridgehead atoms. The number of hydrogen-bond acceptors (Lipinski definition) is 2. The van der Waals surface area contributed by atoms with Crippen LogP contribution in [0.25, 0.3) is 76.9 Å². The Labute approximate surface area is 338 Å². The Kier molecular flexibility index (Phi) is 6.78. The minimum absolute atomic E-state index is 0.114. The van der Waals surface area contributed by atoms with Crippen molar-refractivity contribution >= 4 is 60.5 Å². The van der Waals surface area contributed by atoms with Crippen LogP contribution in [0.15, 0.2) is 180 Å². The molecule has 0 saturated heterocycles. The number of nitrogens with zero attached hydrogens (tertiary/aromatic N) is 1. The van der Waals surface area contributed by atoms with Gasteiger partial charge in [-0.2, -0.15) is 0 Å². The molecule has 2 aliphatic carbocycles. The van der Waals surface area contributed by atoms with E-state index in [1.54, 1.807) is 0 Å². The first kappa shape index (κ1) is 33.3. The van der Waals surface area contributed by atoms with Crippen LogP contribution in [0, 0.1) is 0 Å². The maximum Gasteiger partial charge on any atom is 0.143 e. The predicted molar refractivity (Wildman–Crippen MR) is 244 cm³/mol. The molecule has 2 aliphatic rings. The Morgan fingerprint density at radius 3 is 1.74 bits per heavy atom. The van der Waals surface area contributed by atoms with Crippen LogP contribution < -0.4 is 4.90 Å². The van der Waals surface area contributed by atoms with Gasteiger partial charge in [0.05, 0.1) is 16.8 Å². The van der Waals surface area contributed by atoms with E-state index in [0.29, 0.717) is 0 Å². The van der Waals surface area contributed by atoms with Crippen molar-refractivity contribution in [2.45, 2.75) is 38.5 Å². The van der Waals surface area contributed by atoms with E-state index in [-0.39, 0.29) is 10.8 Å². The summed E-state index contributed by atoms with van der Waals surface area (Å²) in [7, 11) is 0. The molecule has 0 aliphatic heterocycles. The van der Waals surface area contributed by atoms with Gasteiger partial charge >= 0.3 is 0 Å². The number of fused-ring (bicyclic) bond motifs is 11. The molecule has 1 heterocycles. The number of anilines is 3. The highest BCUT2D eigenvalue weighted by Crippen LogP contribution is 2.54. The molecule has 12 rings (SSSR count). The van der Waals surface area contributed by atoms with Gasteiger partial charge in [-0.1, -0.05) is 161 Å². The lowest BCUT2D eigenvalue weighted by atomic mass is 9.81. The Hall–Kier alpha value is -6.90. The van der Waals surface area contributed by atoms with Crippen molar-refractivity contribution < 1.29 is 4.42 Å². The van der Waals surface area contributed by atoms with Crippen molar-refractivity contribution in [3.63, 3.8) is 0 Å². The highest BCUT2D eigenvalue weighted by atomic mass is 16.3. The first-order valence-corrected chi connectivity index (χ1v) is 20.4. The largest absolute Gasteiger partial charge is 0.455 e. The summed E-state index contributed by atoms with van der Waals surface area (Å²) in [5, 5.41) is 7.01. The van der Waals surface area contributed by atoms with Gasteiger partial charge in [0.2, 0.25) is 0 Å². The molecule has 0 spiro atoms. The van der Waals surface area contributed by atoms with Crippen LogP contribution in [0.5, 0.6) is 0 Å². The van der Waals surface area contributed by atoms with E-state index in [1.807, 2.05) is 0 Å². The van der Waals surface area contributed by atoms with Gasteiger partial charge in [0, 0.05) is 32.9 Å². The van der Waals surface area contributed by atoms with Gasteiger partial charge in [0.15, 0.2) is 0 Å². The SMILES string of the molecule is CC1(C)c2ccccc2-c2ccc(-c3c4ccccc4cc4c3oc3cccc(N(c5ccc6c(c5)C(C)(C)c5ccccc5-6)c5cccc6ccccc56)c34)cc21. The van der Waals surface area contributed by atoms with Crippen molar-refractivity contribution in [3.05, 3.63) is 198 Å². The molecule has 58 heavy (non-hydrogen) atoms. The van der Waals surface area contributed by atoms with Gasteiger partial charge in [0.25, 0.3) is 0 Å². The minimum atomic E-state index is -0.139. The molecule has 0 atom stereocenters. The van der Waals surface area contributed by atoms with E-state index in [1.165, 1.54) is 71.6 Å². The minimum Gasteiger partial charge on any atom is -0.455 e. The molecule has 0 unspecified atom stereocenters. The monoisotopic (exact) mass is 743 g/mol. The number of benzene rings is 9. The third kappa shape index (κ3) is 4.49. The highest BCUT2D eigenvalue weighted by molar-refractivity contribution is 6.22. The summed E-state index contributed by atoms with van der Waals surface area (Å²) in [5.74, 6) is 0. The van der Waals surface area contributed by atoms with E-state index in [4.69, 9.17) is 4.42 Å². The molecule has 0 radical (unpaired) electrons. The molecular weight excluding hydrogens is 703 g/mol. The normalized spacial score (nSPS) is 14.5. The number of furan rings is 1. The van der Waals surface area contributed by atoms with Crippen molar-refractivity contribution in [1.82, 2.24) is 0 Å². The standard InChI is InChI=1S/C56H41NO/c1-55(2)45-22-11-9-20-40(45)42-29-27-36(32-47(42)55)52-39-19-8-6-16-35(39)31-44-53-50(25-14-26-51(53)58-54(44)52)57(49-24-13-17-34-15-5-7-18-38(34)49)37-28-30-43-41-21-10-12-23-46(41)56(3,4)48(43)33-37/h5-33H,1-4H3. The average molecular weight is 744 g/mol. The molecule has 10 aromatic rings. The topological polar surface area (TPSA) is 16.4 Å². The van der Waals surface area contributed by atoms with Crippen LogP contribution in [0.2, 0.25) is 0 Å². The number of hydrogen-bond donors (Lipinski definition) is 0. The Balaban J connectivity index is 1.14. The summed E-state index contributed by atoms with van der Waals surface area (Å²) in [6.45, 7) is 9.43. The summed E-state index contributed by atoms with van der Waals surface area (Å²) in [6, 6.07) is 65.0. The van der Waals surface area contributed by atoms with Crippen LogP contribution in [-0.4, -0.2) is 0 Å². The van der Waals surface area contributed by atoms with Crippen molar-refractivity contribution in [2.24, 2.45) is 0 Å². The summed E-state index contributed by atoms with van der Waals surface area (Å²) < 4.78 is 7.15. The van der Waals surface area contributed by atoms with Gasteiger partial charge in [-0.3, -0.25) is 0 Å². The fourth-order valence-electron chi connectivity index (χ4n) is 10.6. The Morgan fingerprint density at radius 2 is 0.983 bits per heavy atom. The van der Waals surface area contributed by atoms with Gasteiger partial charge in [-0.15, -0.1) is 0 Å². The summed E-state index contributed by atoms with van der Waals surface area (Å²) >= 11 is 0. The second-order valence-electron chi connectivity index (χ2n) is 17.3. The van der Waals surface area contributed by atoms with Gasteiger partial charge in [-0.25, -0.2) is 0 Å². The van der Waals surface area contributed by atoms with Crippen LogP contribution in [0.3, 0.4) is 0 Å². The predicted octanol–water partition coefficient (Wildman–Crippen LogP) is 15.6. The highest BCUT2D eigenvalue weighted by Gasteiger charge is 2.37. The quantitative estimate of drug-likeness (QED) is 0.178. The smallest absolute Gasteiger partial charge is 0.143 e. The van der Waals surface area contributed by atoms with E-state index in [0.717, 1.165) is 44.6 Å². The van der Waals surface area contributed by atoms with Crippen LogP contribution in [-0.2, 0) is 10.8 Å². The van der Waals surface area contributed by atoms with Gasteiger partial charge < -0.3 is 9.32 Å². The molecule has 2 nitrogen and oxygen atoms in total. The summed E-state index contributed by atoms with van der Waals surface area (Å²) in [4.78, 5) is 2.48. The van der Waals surface area contributed by atoms with Crippen molar-refractivity contribution in [3.8, 4) is 33.4 Å². The second kappa shape index (κ2) is 11.8. The lowest BCUT2D eigenvalue weighted by Gasteiger charge is -2.29. The van der Waals surface area contributed by atoms with Crippen LogP contribution in [0.1, 0.15) is 49.9 Å². The third-order valence-corrected chi connectivity index (χ3v) is 13.4. The first-order valence-electron chi connectivity index (χ1n) is 20.4. The zero-order chi connectivity index (χ0) is 38.9. The second-order valence-corrected chi connectivity index (χ2v) is 17.3. The average Bonchev–Trinajstić information content (AvgIpc) is 3.82. The molecule has 276 valence electrons. The van der Waals surface area contributed by atoms with E-state index in [2.05, 4.69) is 209 Å². The van der Waals surface area contributed by atoms with Crippen molar-refractivity contribution in [1.29, 1.82) is 0 Å². The lowest BCUT2D eigenvalue weighted by molar-refractivity contribution is 0.660. The van der Waals surface area contributed by atoms with Gasteiger partial charge in [0.1, 0.15) is 11.2 Å². The van der Waals surface area contributed by atoms with Crippen LogP contribution >= 0.6 is 0 Å². The molecule has 9 aromatic carbocycles. The molecule has 0 N–H and O–H groups in total. The summed E-state index contributed by atoms with van der Waals surface area (Å²) in [5.41, 5.74) is 17.9. The summed E-state index contributed by atoms with van der Waals surface area (Å²) in [6.07, 6.45) is 0. The first-order chi connectivity index (χ1) is 28.3. The Bertz CT molecular complexity index is 3350. The van der Waals surface area contributed by atoms with Crippen molar-refractivity contribution in [2.75, 3.05) is 4.90 Å². The van der Waals surface area contributed by atoms with E-state index in [9.17, 15) is 0 Å². The Morgan fingerprint density at radius 1 is 0.414 bits per heavy atom. The van der Waals surface area contributed by atoms with Crippen LogP contribution in [0.4, 0.5) is 17.1 Å². The van der Waals surface area contributed by atoms with Gasteiger partial charge in [-0.05, 0) is 109 Å². The fraction of sp³-hybridized carbons (Fsp3) is 0.107. The van der Waals surface area contributed by atoms with E-state index >= 15 is 0 Å². The molecular formula is C56H41NO. The molecule has 0 saturated carbocycles.